The molecule has 2 amide bonds. The van der Waals surface area contributed by atoms with Gasteiger partial charge in [0.2, 0.25) is 5.91 Å². The lowest BCUT2D eigenvalue weighted by Gasteiger charge is -2.23. The van der Waals surface area contributed by atoms with E-state index >= 15 is 0 Å². The second kappa shape index (κ2) is 8.22. The largest absolute Gasteiger partial charge is 0.333 e. The molecule has 0 bridgehead atoms. The molecule has 0 saturated carbocycles. The van der Waals surface area contributed by atoms with Crippen molar-refractivity contribution >= 4 is 17.5 Å². The highest BCUT2D eigenvalue weighted by Crippen LogP contribution is 2.28. The Morgan fingerprint density at radius 2 is 1.81 bits per heavy atom. The van der Waals surface area contributed by atoms with Crippen molar-refractivity contribution < 1.29 is 14.0 Å². The molecule has 0 unspecified atom stereocenters. The first-order valence-electron chi connectivity index (χ1n) is 11.0. The topological polar surface area (TPSA) is 58.4 Å². The number of carbonyl (C=O) groups excluding carboxylic acids is 2. The summed E-state index contributed by atoms with van der Waals surface area (Å²) in [4.78, 5) is 29.3. The van der Waals surface area contributed by atoms with Crippen LogP contribution < -0.4 is 4.90 Å². The third kappa shape index (κ3) is 3.79. The summed E-state index contributed by atoms with van der Waals surface area (Å²) in [6.45, 7) is 4.49. The Kier molecular flexibility index (Phi) is 5.25. The predicted octanol–water partition coefficient (Wildman–Crippen LogP) is 4.17. The van der Waals surface area contributed by atoms with Crippen LogP contribution in [0.25, 0.3) is 11.3 Å². The minimum absolute atomic E-state index is 0.0455. The molecule has 3 aromatic rings. The van der Waals surface area contributed by atoms with Crippen LogP contribution in [0.4, 0.5) is 10.1 Å². The standard InChI is InChI=1S/C25H25FN4O2/c1-17-5-6-19(14-23(17)29-12-2-4-24(29)31)25(32)28-11-3-13-30-21(16-28)15-22(27-30)18-7-9-20(26)10-8-18/h5-10,14-15H,2-4,11-13,16H2,1H3. The van der Waals surface area contributed by atoms with Crippen molar-refractivity contribution in [3.63, 3.8) is 0 Å². The Morgan fingerprint density at radius 1 is 1.00 bits per heavy atom. The fourth-order valence-corrected chi connectivity index (χ4v) is 4.52. The van der Waals surface area contributed by atoms with E-state index in [9.17, 15) is 14.0 Å². The number of anilines is 1. The fraction of sp³-hybridized carbons (Fsp3) is 0.320. The highest BCUT2D eigenvalue weighted by molar-refractivity contribution is 5.99. The quantitative estimate of drug-likeness (QED) is 0.624. The summed E-state index contributed by atoms with van der Waals surface area (Å²) in [6.07, 6.45) is 2.21. The third-order valence-corrected chi connectivity index (χ3v) is 6.26. The van der Waals surface area contributed by atoms with E-state index in [1.807, 2.05) is 40.8 Å². The maximum atomic E-state index is 13.4. The summed E-state index contributed by atoms with van der Waals surface area (Å²) in [5, 5.41) is 4.68. The Balaban J connectivity index is 1.40. The van der Waals surface area contributed by atoms with E-state index in [0.29, 0.717) is 31.6 Å². The molecule has 164 valence electrons. The van der Waals surface area contributed by atoms with Crippen molar-refractivity contribution in [1.82, 2.24) is 14.7 Å². The number of rotatable bonds is 3. The molecular weight excluding hydrogens is 407 g/mol. The van der Waals surface area contributed by atoms with E-state index in [1.165, 1.54) is 12.1 Å². The zero-order chi connectivity index (χ0) is 22.2. The molecule has 5 rings (SSSR count). The van der Waals surface area contributed by atoms with Crippen molar-refractivity contribution in [2.45, 2.75) is 39.3 Å². The van der Waals surface area contributed by atoms with Gasteiger partial charge in [-0.05, 0) is 67.8 Å². The van der Waals surface area contributed by atoms with Crippen LogP contribution in [0.5, 0.6) is 0 Å². The van der Waals surface area contributed by atoms with Gasteiger partial charge in [0, 0.05) is 42.9 Å². The van der Waals surface area contributed by atoms with Gasteiger partial charge in [-0.1, -0.05) is 6.07 Å². The van der Waals surface area contributed by atoms with E-state index in [-0.39, 0.29) is 17.6 Å². The predicted molar refractivity (Wildman–Crippen MR) is 120 cm³/mol. The first-order valence-corrected chi connectivity index (χ1v) is 11.0. The van der Waals surface area contributed by atoms with Gasteiger partial charge in [0.05, 0.1) is 17.9 Å². The zero-order valence-electron chi connectivity index (χ0n) is 18.1. The van der Waals surface area contributed by atoms with Gasteiger partial charge < -0.3 is 9.80 Å². The Labute approximate surface area is 186 Å². The summed E-state index contributed by atoms with van der Waals surface area (Å²) in [7, 11) is 0. The number of hydrogen-bond acceptors (Lipinski definition) is 3. The summed E-state index contributed by atoms with van der Waals surface area (Å²) >= 11 is 0. The van der Waals surface area contributed by atoms with Crippen LogP contribution in [0, 0.1) is 12.7 Å². The number of hydrogen-bond donors (Lipinski definition) is 0. The lowest BCUT2D eigenvalue weighted by molar-refractivity contribution is -0.117. The molecule has 7 heteroatoms. The number of fused-ring (bicyclic) bond motifs is 1. The minimum Gasteiger partial charge on any atom is -0.333 e. The molecule has 0 radical (unpaired) electrons. The number of aromatic nitrogens is 2. The van der Waals surface area contributed by atoms with Crippen LogP contribution >= 0.6 is 0 Å². The molecule has 2 aromatic carbocycles. The molecule has 2 aliphatic heterocycles. The van der Waals surface area contributed by atoms with Gasteiger partial charge in [-0.2, -0.15) is 5.10 Å². The zero-order valence-corrected chi connectivity index (χ0v) is 18.1. The van der Waals surface area contributed by atoms with Crippen LogP contribution in [0.3, 0.4) is 0 Å². The number of nitrogens with zero attached hydrogens (tertiary/aromatic N) is 4. The molecule has 1 saturated heterocycles. The molecule has 6 nitrogen and oxygen atoms in total. The first-order chi connectivity index (χ1) is 15.5. The maximum absolute atomic E-state index is 13.4. The van der Waals surface area contributed by atoms with Crippen LogP contribution in [0.15, 0.2) is 48.5 Å². The smallest absolute Gasteiger partial charge is 0.254 e. The van der Waals surface area contributed by atoms with E-state index in [1.54, 1.807) is 17.0 Å². The number of halogens is 1. The van der Waals surface area contributed by atoms with Gasteiger partial charge >= 0.3 is 0 Å². The second-order valence-corrected chi connectivity index (χ2v) is 8.48. The minimum atomic E-state index is -0.278. The molecule has 1 fully saturated rings. The van der Waals surface area contributed by atoms with Gasteiger partial charge in [0.15, 0.2) is 0 Å². The Hall–Kier alpha value is -3.48. The maximum Gasteiger partial charge on any atom is 0.254 e. The van der Waals surface area contributed by atoms with E-state index in [2.05, 4.69) is 5.10 Å². The summed E-state index contributed by atoms with van der Waals surface area (Å²) in [6, 6.07) is 13.9. The average molecular weight is 432 g/mol. The fourth-order valence-electron chi connectivity index (χ4n) is 4.52. The van der Waals surface area contributed by atoms with E-state index < -0.39 is 0 Å². The summed E-state index contributed by atoms with van der Waals surface area (Å²) in [5.41, 5.74) is 5.00. The van der Waals surface area contributed by atoms with Gasteiger partial charge in [-0.3, -0.25) is 14.3 Å². The molecule has 0 spiro atoms. The number of aryl methyl sites for hydroxylation is 2. The first kappa shape index (κ1) is 20.4. The highest BCUT2D eigenvalue weighted by atomic mass is 19.1. The van der Waals surface area contributed by atoms with Crippen LogP contribution in [0.2, 0.25) is 0 Å². The Morgan fingerprint density at radius 3 is 2.56 bits per heavy atom. The monoisotopic (exact) mass is 432 g/mol. The SMILES string of the molecule is Cc1ccc(C(=O)N2CCCn3nc(-c4ccc(F)cc4)cc3C2)cc1N1CCCC1=O. The van der Waals surface area contributed by atoms with Gasteiger partial charge in [0.1, 0.15) is 5.82 Å². The lowest BCUT2D eigenvalue weighted by atomic mass is 10.1. The molecular formula is C25H25FN4O2. The second-order valence-electron chi connectivity index (χ2n) is 8.48. The molecule has 0 aliphatic carbocycles. The van der Waals surface area contributed by atoms with Crippen molar-refractivity contribution in [2.75, 3.05) is 18.0 Å². The molecule has 0 N–H and O–H groups in total. The van der Waals surface area contributed by atoms with Crippen LogP contribution in [-0.2, 0) is 17.9 Å². The van der Waals surface area contributed by atoms with E-state index in [0.717, 1.165) is 47.6 Å². The lowest BCUT2D eigenvalue weighted by Crippen LogP contribution is -2.31. The van der Waals surface area contributed by atoms with Crippen molar-refractivity contribution in [3.05, 3.63) is 71.2 Å². The molecule has 2 aliphatic rings. The van der Waals surface area contributed by atoms with Crippen molar-refractivity contribution in [1.29, 1.82) is 0 Å². The number of amides is 2. The van der Waals surface area contributed by atoms with Crippen molar-refractivity contribution in [2.24, 2.45) is 0 Å². The van der Waals surface area contributed by atoms with E-state index in [4.69, 9.17) is 0 Å². The van der Waals surface area contributed by atoms with Gasteiger partial charge in [-0.15, -0.1) is 0 Å². The molecule has 1 aromatic heterocycles. The highest BCUT2D eigenvalue weighted by Gasteiger charge is 2.26. The third-order valence-electron chi connectivity index (χ3n) is 6.26. The van der Waals surface area contributed by atoms with Gasteiger partial charge in [-0.25, -0.2) is 4.39 Å². The average Bonchev–Trinajstić information content (AvgIpc) is 3.34. The normalized spacial score (nSPS) is 16.2. The molecule has 32 heavy (non-hydrogen) atoms. The summed E-state index contributed by atoms with van der Waals surface area (Å²) in [5.74, 6) is -0.208. The van der Waals surface area contributed by atoms with Crippen LogP contribution in [-0.4, -0.2) is 39.6 Å². The van der Waals surface area contributed by atoms with Gasteiger partial charge in [0.25, 0.3) is 5.91 Å². The number of carbonyl (C=O) groups is 2. The van der Waals surface area contributed by atoms with Crippen LogP contribution in [0.1, 0.15) is 40.9 Å². The Bertz CT molecular complexity index is 1190. The molecule has 0 atom stereocenters. The number of benzene rings is 2. The van der Waals surface area contributed by atoms with Crippen molar-refractivity contribution in [3.8, 4) is 11.3 Å². The summed E-state index contributed by atoms with van der Waals surface area (Å²) < 4.78 is 15.2. The molecule has 3 heterocycles.